The first-order valence-electron chi connectivity index (χ1n) is 6.37. The molecular weight excluding hydrogens is 336 g/mol. The molecule has 110 valence electrons. The zero-order valence-electron chi connectivity index (χ0n) is 11.7. The van der Waals surface area contributed by atoms with Gasteiger partial charge in [-0.3, -0.25) is 4.79 Å². The van der Waals surface area contributed by atoms with Crippen LogP contribution in [0.3, 0.4) is 0 Å². The van der Waals surface area contributed by atoms with Crippen LogP contribution in [0.1, 0.15) is 23.0 Å². The summed E-state index contributed by atoms with van der Waals surface area (Å²) >= 11 is 3.44. The van der Waals surface area contributed by atoms with Crippen molar-refractivity contribution < 1.29 is 14.6 Å². The Morgan fingerprint density at radius 2 is 2.10 bits per heavy atom. The van der Waals surface area contributed by atoms with Crippen LogP contribution in [0.4, 0.5) is 0 Å². The molecule has 1 unspecified atom stereocenters. The molecule has 1 heterocycles. The van der Waals surface area contributed by atoms with E-state index in [-0.39, 0.29) is 0 Å². The van der Waals surface area contributed by atoms with Crippen LogP contribution >= 0.6 is 15.9 Å². The van der Waals surface area contributed by atoms with Gasteiger partial charge in [0.15, 0.2) is 0 Å². The highest BCUT2D eigenvalue weighted by Gasteiger charge is 2.24. The van der Waals surface area contributed by atoms with Gasteiger partial charge in [-0.1, -0.05) is 34.1 Å². The number of nitrogens with zero attached hydrogens (tertiary/aromatic N) is 2. The SMILES string of the molecule is COc1cc(C(Cc2ccccc2Br)C(=O)O)nc(C)n1. The fourth-order valence-electron chi connectivity index (χ4n) is 2.05. The number of aromatic nitrogens is 2. The second-order valence-corrected chi connectivity index (χ2v) is 5.42. The van der Waals surface area contributed by atoms with Gasteiger partial charge in [0.1, 0.15) is 11.7 Å². The quantitative estimate of drug-likeness (QED) is 0.897. The van der Waals surface area contributed by atoms with Crippen molar-refractivity contribution in [2.45, 2.75) is 19.3 Å². The largest absolute Gasteiger partial charge is 0.481 e. The number of aliphatic carboxylic acids is 1. The van der Waals surface area contributed by atoms with Gasteiger partial charge in [0, 0.05) is 10.5 Å². The van der Waals surface area contributed by atoms with E-state index in [1.165, 1.54) is 7.11 Å². The molecule has 1 aromatic heterocycles. The van der Waals surface area contributed by atoms with Crippen LogP contribution < -0.4 is 4.74 Å². The Balaban J connectivity index is 2.38. The summed E-state index contributed by atoms with van der Waals surface area (Å²) in [5.41, 5.74) is 1.36. The number of rotatable bonds is 5. The van der Waals surface area contributed by atoms with Gasteiger partial charge in [-0.05, 0) is 25.0 Å². The van der Waals surface area contributed by atoms with Crippen molar-refractivity contribution in [3.8, 4) is 5.88 Å². The zero-order chi connectivity index (χ0) is 15.4. The summed E-state index contributed by atoms with van der Waals surface area (Å²) in [6, 6.07) is 9.13. The Labute approximate surface area is 131 Å². The Bertz CT molecular complexity index is 661. The first kappa shape index (κ1) is 15.4. The summed E-state index contributed by atoms with van der Waals surface area (Å²) in [4.78, 5) is 19.9. The number of carboxylic acid groups (broad SMARTS) is 1. The van der Waals surface area contributed by atoms with Gasteiger partial charge in [-0.15, -0.1) is 0 Å². The molecule has 1 atom stereocenters. The summed E-state index contributed by atoms with van der Waals surface area (Å²) in [5.74, 6) is -0.816. The maximum Gasteiger partial charge on any atom is 0.312 e. The molecule has 21 heavy (non-hydrogen) atoms. The summed E-state index contributed by atoms with van der Waals surface area (Å²) in [5, 5.41) is 9.52. The zero-order valence-corrected chi connectivity index (χ0v) is 13.3. The number of methoxy groups -OCH3 is 1. The van der Waals surface area contributed by atoms with E-state index < -0.39 is 11.9 Å². The molecule has 2 rings (SSSR count). The van der Waals surface area contributed by atoms with Crippen molar-refractivity contribution in [3.63, 3.8) is 0 Å². The number of hydrogen-bond donors (Lipinski definition) is 1. The van der Waals surface area contributed by atoms with Crippen molar-refractivity contribution in [2.24, 2.45) is 0 Å². The second-order valence-electron chi connectivity index (χ2n) is 4.57. The number of aryl methyl sites for hydroxylation is 1. The lowest BCUT2D eigenvalue weighted by Crippen LogP contribution is -2.17. The lowest BCUT2D eigenvalue weighted by molar-refractivity contribution is -0.138. The average molecular weight is 351 g/mol. The Morgan fingerprint density at radius 3 is 2.71 bits per heavy atom. The predicted molar refractivity (Wildman–Crippen MR) is 81.5 cm³/mol. The predicted octanol–water partition coefficient (Wildman–Crippen LogP) is 2.97. The minimum absolute atomic E-state index is 0.344. The summed E-state index contributed by atoms with van der Waals surface area (Å²) < 4.78 is 5.97. The van der Waals surface area contributed by atoms with Crippen molar-refractivity contribution >= 4 is 21.9 Å². The molecule has 5 nitrogen and oxygen atoms in total. The third kappa shape index (κ3) is 3.78. The molecular formula is C15H15BrN2O3. The third-order valence-electron chi connectivity index (χ3n) is 3.08. The smallest absolute Gasteiger partial charge is 0.312 e. The molecule has 0 aliphatic rings. The van der Waals surface area contributed by atoms with E-state index in [1.54, 1.807) is 13.0 Å². The number of halogens is 1. The Morgan fingerprint density at radius 1 is 1.38 bits per heavy atom. The van der Waals surface area contributed by atoms with Crippen LogP contribution in [-0.4, -0.2) is 28.2 Å². The van der Waals surface area contributed by atoms with E-state index in [0.717, 1.165) is 10.0 Å². The first-order chi connectivity index (χ1) is 10.0. The number of carbonyl (C=O) groups is 1. The molecule has 1 N–H and O–H groups in total. The first-order valence-corrected chi connectivity index (χ1v) is 7.16. The van der Waals surface area contributed by atoms with Gasteiger partial charge >= 0.3 is 5.97 Å². The molecule has 0 saturated heterocycles. The van der Waals surface area contributed by atoms with E-state index in [1.807, 2.05) is 24.3 Å². The van der Waals surface area contributed by atoms with E-state index in [9.17, 15) is 9.90 Å². The highest BCUT2D eigenvalue weighted by atomic mass is 79.9. The minimum atomic E-state index is -0.925. The van der Waals surface area contributed by atoms with Crippen LogP contribution in [0.25, 0.3) is 0 Å². The molecule has 0 aliphatic carbocycles. The van der Waals surface area contributed by atoms with Crippen LogP contribution in [0, 0.1) is 6.92 Å². The van der Waals surface area contributed by atoms with Gasteiger partial charge in [-0.25, -0.2) is 4.98 Å². The van der Waals surface area contributed by atoms with Gasteiger partial charge in [0.2, 0.25) is 5.88 Å². The summed E-state index contributed by atoms with van der Waals surface area (Å²) in [7, 11) is 1.50. The van der Waals surface area contributed by atoms with Gasteiger partial charge in [0.05, 0.1) is 12.8 Å². The van der Waals surface area contributed by atoms with Gasteiger partial charge < -0.3 is 9.84 Å². The molecule has 6 heteroatoms. The van der Waals surface area contributed by atoms with E-state index in [2.05, 4.69) is 25.9 Å². The molecule has 0 radical (unpaired) electrons. The van der Waals surface area contributed by atoms with Crippen molar-refractivity contribution in [1.82, 2.24) is 9.97 Å². The van der Waals surface area contributed by atoms with Crippen LogP contribution in [0.2, 0.25) is 0 Å². The number of hydrogen-bond acceptors (Lipinski definition) is 4. The lowest BCUT2D eigenvalue weighted by atomic mass is 9.96. The maximum absolute atomic E-state index is 11.6. The van der Waals surface area contributed by atoms with E-state index in [0.29, 0.717) is 23.8 Å². The number of ether oxygens (including phenoxy) is 1. The number of benzene rings is 1. The molecule has 0 aliphatic heterocycles. The van der Waals surface area contributed by atoms with Gasteiger partial charge in [-0.2, -0.15) is 4.98 Å². The van der Waals surface area contributed by atoms with Crippen molar-refractivity contribution in [1.29, 1.82) is 0 Å². The third-order valence-corrected chi connectivity index (χ3v) is 3.85. The molecule has 0 bridgehead atoms. The fourth-order valence-corrected chi connectivity index (χ4v) is 2.49. The van der Waals surface area contributed by atoms with Crippen molar-refractivity contribution in [3.05, 3.63) is 51.9 Å². The van der Waals surface area contributed by atoms with Crippen LogP contribution in [0.5, 0.6) is 5.88 Å². The average Bonchev–Trinajstić information content (AvgIpc) is 2.45. The number of carboxylic acids is 1. The molecule has 2 aromatic rings. The topological polar surface area (TPSA) is 72.3 Å². The monoisotopic (exact) mass is 350 g/mol. The highest BCUT2D eigenvalue weighted by Crippen LogP contribution is 2.26. The fraction of sp³-hybridized carbons (Fsp3) is 0.267. The minimum Gasteiger partial charge on any atom is -0.481 e. The van der Waals surface area contributed by atoms with Crippen LogP contribution in [-0.2, 0) is 11.2 Å². The summed E-state index contributed by atoms with van der Waals surface area (Å²) in [6.45, 7) is 1.71. The standard InChI is InChI=1S/C15H15BrN2O3/c1-9-17-13(8-14(18-9)21-2)11(15(19)20)7-10-5-3-4-6-12(10)16/h3-6,8,11H,7H2,1-2H3,(H,19,20). The molecule has 0 amide bonds. The Hall–Kier alpha value is -1.95. The molecule has 1 aromatic carbocycles. The van der Waals surface area contributed by atoms with E-state index >= 15 is 0 Å². The van der Waals surface area contributed by atoms with Gasteiger partial charge in [0.25, 0.3) is 0 Å². The van der Waals surface area contributed by atoms with Crippen molar-refractivity contribution in [2.75, 3.05) is 7.11 Å². The highest BCUT2D eigenvalue weighted by molar-refractivity contribution is 9.10. The molecule has 0 fully saturated rings. The maximum atomic E-state index is 11.6. The molecule has 0 saturated carbocycles. The lowest BCUT2D eigenvalue weighted by Gasteiger charge is -2.14. The summed E-state index contributed by atoms with van der Waals surface area (Å²) in [6.07, 6.45) is 0.344. The van der Waals surface area contributed by atoms with E-state index in [4.69, 9.17) is 4.74 Å². The molecule has 0 spiro atoms. The Kier molecular flexibility index (Phi) is 4.90. The van der Waals surface area contributed by atoms with Crippen LogP contribution in [0.15, 0.2) is 34.8 Å². The second kappa shape index (κ2) is 6.67. The normalized spacial score (nSPS) is 12.0.